The quantitative estimate of drug-likeness (QED) is 0.628. The van der Waals surface area contributed by atoms with Crippen molar-refractivity contribution in [3.63, 3.8) is 0 Å². The van der Waals surface area contributed by atoms with E-state index in [0.29, 0.717) is 5.92 Å². The molecule has 1 atom stereocenters. The topological polar surface area (TPSA) is 45.0 Å². The standard InChI is InChI=1S/C12H24N2O/c1-5-12(10-13,14-4)7-6-8-15-9-11(2)3/h11,14H,5-9H2,1-4H3. The van der Waals surface area contributed by atoms with E-state index in [2.05, 4.69) is 25.2 Å². The summed E-state index contributed by atoms with van der Waals surface area (Å²) >= 11 is 0. The summed E-state index contributed by atoms with van der Waals surface area (Å²) in [4.78, 5) is 0. The zero-order valence-electron chi connectivity index (χ0n) is 10.5. The molecule has 0 aromatic heterocycles. The van der Waals surface area contributed by atoms with E-state index in [0.717, 1.165) is 32.5 Å². The molecule has 0 radical (unpaired) electrons. The minimum Gasteiger partial charge on any atom is -0.381 e. The summed E-state index contributed by atoms with van der Waals surface area (Å²) in [5.41, 5.74) is -0.360. The van der Waals surface area contributed by atoms with Gasteiger partial charge in [0.05, 0.1) is 6.07 Å². The smallest absolute Gasteiger partial charge is 0.106 e. The first kappa shape index (κ1) is 14.4. The fraction of sp³-hybridized carbons (Fsp3) is 0.917. The summed E-state index contributed by atoms with van der Waals surface area (Å²) in [5, 5.41) is 12.2. The summed E-state index contributed by atoms with van der Waals surface area (Å²) in [6.07, 6.45) is 2.63. The van der Waals surface area contributed by atoms with Crippen molar-refractivity contribution >= 4 is 0 Å². The maximum atomic E-state index is 9.07. The van der Waals surface area contributed by atoms with Gasteiger partial charge < -0.3 is 10.1 Å². The van der Waals surface area contributed by atoms with Crippen LogP contribution in [0.3, 0.4) is 0 Å². The summed E-state index contributed by atoms with van der Waals surface area (Å²) < 4.78 is 5.49. The lowest BCUT2D eigenvalue weighted by Crippen LogP contribution is -2.40. The fourth-order valence-electron chi connectivity index (χ4n) is 1.46. The first-order chi connectivity index (χ1) is 7.10. The van der Waals surface area contributed by atoms with Gasteiger partial charge in [0.1, 0.15) is 5.54 Å². The van der Waals surface area contributed by atoms with Crippen LogP contribution in [0.15, 0.2) is 0 Å². The molecule has 0 aromatic carbocycles. The Balaban J connectivity index is 3.69. The molecular formula is C12H24N2O. The molecule has 0 bridgehead atoms. The van der Waals surface area contributed by atoms with Gasteiger partial charge >= 0.3 is 0 Å². The van der Waals surface area contributed by atoms with E-state index < -0.39 is 0 Å². The van der Waals surface area contributed by atoms with Crippen LogP contribution in [0.25, 0.3) is 0 Å². The number of hydrogen-bond donors (Lipinski definition) is 1. The van der Waals surface area contributed by atoms with E-state index in [4.69, 9.17) is 10.00 Å². The fourth-order valence-corrected chi connectivity index (χ4v) is 1.46. The van der Waals surface area contributed by atoms with Crippen molar-refractivity contribution in [2.45, 2.75) is 45.6 Å². The highest BCUT2D eigenvalue weighted by molar-refractivity contribution is 5.05. The molecule has 0 amide bonds. The second-order valence-corrected chi connectivity index (χ2v) is 4.37. The van der Waals surface area contributed by atoms with Gasteiger partial charge in [-0.25, -0.2) is 0 Å². The Morgan fingerprint density at radius 2 is 2.13 bits per heavy atom. The molecule has 15 heavy (non-hydrogen) atoms. The minimum absolute atomic E-state index is 0.360. The van der Waals surface area contributed by atoms with Crippen molar-refractivity contribution in [3.8, 4) is 6.07 Å². The third-order valence-electron chi connectivity index (χ3n) is 2.64. The molecule has 1 unspecified atom stereocenters. The first-order valence-electron chi connectivity index (χ1n) is 5.78. The molecule has 0 saturated carbocycles. The van der Waals surface area contributed by atoms with Gasteiger partial charge in [0.15, 0.2) is 0 Å². The molecule has 3 heteroatoms. The molecule has 0 saturated heterocycles. The zero-order valence-corrected chi connectivity index (χ0v) is 10.5. The predicted octanol–water partition coefficient (Wildman–Crippen LogP) is 2.33. The predicted molar refractivity (Wildman–Crippen MR) is 62.6 cm³/mol. The Hall–Kier alpha value is -0.590. The molecule has 0 aliphatic heterocycles. The maximum Gasteiger partial charge on any atom is 0.106 e. The van der Waals surface area contributed by atoms with E-state index in [-0.39, 0.29) is 5.54 Å². The lowest BCUT2D eigenvalue weighted by molar-refractivity contribution is 0.103. The van der Waals surface area contributed by atoms with Crippen LogP contribution < -0.4 is 5.32 Å². The van der Waals surface area contributed by atoms with E-state index in [9.17, 15) is 0 Å². The number of ether oxygens (including phenoxy) is 1. The van der Waals surface area contributed by atoms with Crippen LogP contribution in [0.5, 0.6) is 0 Å². The molecular weight excluding hydrogens is 188 g/mol. The number of hydrogen-bond acceptors (Lipinski definition) is 3. The van der Waals surface area contributed by atoms with Crippen molar-refractivity contribution in [1.82, 2.24) is 5.32 Å². The second-order valence-electron chi connectivity index (χ2n) is 4.37. The monoisotopic (exact) mass is 212 g/mol. The van der Waals surface area contributed by atoms with Crippen molar-refractivity contribution < 1.29 is 4.74 Å². The van der Waals surface area contributed by atoms with Crippen LogP contribution in [0.1, 0.15) is 40.0 Å². The van der Waals surface area contributed by atoms with Gasteiger partial charge in [0, 0.05) is 13.2 Å². The van der Waals surface area contributed by atoms with Gasteiger partial charge in [0.25, 0.3) is 0 Å². The van der Waals surface area contributed by atoms with E-state index in [1.54, 1.807) is 0 Å². The summed E-state index contributed by atoms with van der Waals surface area (Å²) in [6, 6.07) is 2.35. The molecule has 3 nitrogen and oxygen atoms in total. The molecule has 88 valence electrons. The van der Waals surface area contributed by atoms with Gasteiger partial charge in [-0.1, -0.05) is 20.8 Å². The highest BCUT2D eigenvalue weighted by Crippen LogP contribution is 2.15. The number of nitriles is 1. The average molecular weight is 212 g/mol. The molecule has 0 aliphatic rings. The van der Waals surface area contributed by atoms with Crippen LogP contribution >= 0.6 is 0 Å². The Labute approximate surface area is 93.8 Å². The van der Waals surface area contributed by atoms with Crippen molar-refractivity contribution in [2.24, 2.45) is 5.92 Å². The third kappa shape index (κ3) is 5.76. The van der Waals surface area contributed by atoms with Crippen molar-refractivity contribution in [3.05, 3.63) is 0 Å². The highest BCUT2D eigenvalue weighted by Gasteiger charge is 2.24. The van der Waals surface area contributed by atoms with Crippen LogP contribution in [-0.2, 0) is 4.74 Å². The Morgan fingerprint density at radius 3 is 2.53 bits per heavy atom. The van der Waals surface area contributed by atoms with Crippen LogP contribution in [-0.4, -0.2) is 25.8 Å². The second kappa shape index (κ2) is 7.67. The van der Waals surface area contributed by atoms with Gasteiger partial charge in [-0.15, -0.1) is 0 Å². The zero-order chi connectivity index (χ0) is 11.7. The van der Waals surface area contributed by atoms with Crippen LogP contribution in [0.4, 0.5) is 0 Å². The minimum atomic E-state index is -0.360. The number of rotatable bonds is 8. The lowest BCUT2D eigenvalue weighted by atomic mass is 9.92. The maximum absolute atomic E-state index is 9.07. The van der Waals surface area contributed by atoms with E-state index in [1.807, 2.05) is 14.0 Å². The van der Waals surface area contributed by atoms with Crippen LogP contribution in [0, 0.1) is 17.2 Å². The lowest BCUT2D eigenvalue weighted by Gasteiger charge is -2.24. The third-order valence-corrected chi connectivity index (χ3v) is 2.64. The molecule has 0 rings (SSSR count). The van der Waals surface area contributed by atoms with Gasteiger partial charge in [-0.05, 0) is 32.2 Å². The van der Waals surface area contributed by atoms with Gasteiger partial charge in [-0.3, -0.25) is 0 Å². The largest absolute Gasteiger partial charge is 0.381 e. The molecule has 0 aromatic rings. The molecule has 0 fully saturated rings. The molecule has 1 N–H and O–H groups in total. The summed E-state index contributed by atoms with van der Waals surface area (Å²) in [7, 11) is 1.85. The van der Waals surface area contributed by atoms with Crippen molar-refractivity contribution in [2.75, 3.05) is 20.3 Å². The Kier molecular flexibility index (Phi) is 7.37. The average Bonchev–Trinajstić information content (AvgIpc) is 2.24. The molecule has 0 spiro atoms. The Bertz CT molecular complexity index is 192. The summed E-state index contributed by atoms with van der Waals surface area (Å²) in [5.74, 6) is 0.584. The van der Waals surface area contributed by atoms with Gasteiger partial charge in [-0.2, -0.15) is 5.26 Å². The molecule has 0 heterocycles. The van der Waals surface area contributed by atoms with Crippen LogP contribution in [0.2, 0.25) is 0 Å². The van der Waals surface area contributed by atoms with Gasteiger partial charge in [0.2, 0.25) is 0 Å². The number of nitrogens with one attached hydrogen (secondary N) is 1. The van der Waals surface area contributed by atoms with E-state index in [1.165, 1.54) is 0 Å². The first-order valence-corrected chi connectivity index (χ1v) is 5.78. The van der Waals surface area contributed by atoms with E-state index >= 15 is 0 Å². The highest BCUT2D eigenvalue weighted by atomic mass is 16.5. The number of nitrogens with zero attached hydrogens (tertiary/aromatic N) is 1. The SMILES string of the molecule is CCC(C#N)(CCCOCC(C)C)NC. The Morgan fingerprint density at radius 1 is 1.47 bits per heavy atom. The van der Waals surface area contributed by atoms with Crippen molar-refractivity contribution in [1.29, 1.82) is 5.26 Å². The normalized spacial score (nSPS) is 14.9. The summed E-state index contributed by atoms with van der Waals surface area (Å²) in [6.45, 7) is 7.88. The molecule has 0 aliphatic carbocycles.